The number of pyridine rings is 1. The minimum absolute atomic E-state index is 0.0185. The van der Waals surface area contributed by atoms with Gasteiger partial charge in [0, 0.05) is 37.6 Å². The average Bonchev–Trinajstić information content (AvgIpc) is 3.71. The molecule has 1 aliphatic heterocycles. The third kappa shape index (κ3) is 10.7. The molecule has 0 spiro atoms. The van der Waals surface area contributed by atoms with Crippen LogP contribution in [0, 0.1) is 6.92 Å². The van der Waals surface area contributed by atoms with Gasteiger partial charge in [0.2, 0.25) is 0 Å². The van der Waals surface area contributed by atoms with Gasteiger partial charge < -0.3 is 39.0 Å². The van der Waals surface area contributed by atoms with Crippen LogP contribution in [0.15, 0.2) is 24.4 Å². The summed E-state index contributed by atoms with van der Waals surface area (Å²) in [7, 11) is 1.56. The van der Waals surface area contributed by atoms with E-state index in [9.17, 15) is 24.0 Å². The molecule has 16 heteroatoms. The number of carbonyl (C=O) groups is 5. The SMILES string of the molecule is CCOC(=O)c1cc(C)[nH]c1/C=C1\C(=O)Nc2ccc(-c3cn(C(=O)OC(C)(C)C)nc3CN(CCN(C)C(=O)OC(C)(C)C)C(=O)OC(C)(C)C)nc21. The second-order valence-electron chi connectivity index (χ2n) is 15.8. The first-order chi connectivity index (χ1) is 24.9. The van der Waals surface area contributed by atoms with Crippen molar-refractivity contribution in [3.05, 3.63) is 52.7 Å². The Morgan fingerprint density at radius 2 is 1.54 bits per heavy atom. The fourth-order valence-electron chi connectivity index (χ4n) is 5.18. The van der Waals surface area contributed by atoms with Gasteiger partial charge in [-0.3, -0.25) is 4.79 Å². The van der Waals surface area contributed by atoms with Crippen LogP contribution in [0.25, 0.3) is 22.9 Å². The molecule has 0 aromatic carbocycles. The standard InChI is InChI=1S/C38H51N7O9/c1-13-51-32(47)23-18-22(2)39-28(23)19-24-30-27(41-31(24)46)15-14-26(40-30)25-20-45(35(50)54-38(9,10)11)42-29(25)21-44(34(49)53-37(6,7)8)17-16-43(12)33(48)52-36(3,4)5/h14-15,18-20,39H,13,16-17,21H2,1-12H3,(H,41,46)/b24-19-. The molecule has 0 atom stereocenters. The lowest BCUT2D eigenvalue weighted by Crippen LogP contribution is -2.43. The van der Waals surface area contributed by atoms with Crippen molar-refractivity contribution in [3.8, 4) is 11.3 Å². The number of hydrogen-bond acceptors (Lipinski definition) is 11. The predicted molar refractivity (Wildman–Crippen MR) is 201 cm³/mol. The molecule has 3 aromatic rings. The fraction of sp³-hybridized carbons (Fsp3) is 0.500. The van der Waals surface area contributed by atoms with E-state index in [1.165, 1.54) is 22.1 Å². The Morgan fingerprint density at radius 1 is 0.907 bits per heavy atom. The first-order valence-corrected chi connectivity index (χ1v) is 17.6. The van der Waals surface area contributed by atoms with Gasteiger partial charge in [0.1, 0.15) is 22.5 Å². The molecule has 4 rings (SSSR count). The quantitative estimate of drug-likeness (QED) is 0.136. The van der Waals surface area contributed by atoms with Crippen molar-refractivity contribution in [2.75, 3.05) is 32.1 Å². The Hall–Kier alpha value is -5.67. The smallest absolute Gasteiger partial charge is 0.435 e. The first kappa shape index (κ1) is 41.1. The highest BCUT2D eigenvalue weighted by Crippen LogP contribution is 2.35. The van der Waals surface area contributed by atoms with Gasteiger partial charge in [-0.15, -0.1) is 0 Å². The summed E-state index contributed by atoms with van der Waals surface area (Å²) in [6.07, 6.45) is 0.959. The van der Waals surface area contributed by atoms with Crippen LogP contribution in [0.4, 0.5) is 20.1 Å². The van der Waals surface area contributed by atoms with Crippen molar-refractivity contribution < 1.29 is 42.9 Å². The normalized spacial score (nSPS) is 13.6. The van der Waals surface area contributed by atoms with E-state index in [4.69, 9.17) is 23.9 Å². The van der Waals surface area contributed by atoms with Crippen molar-refractivity contribution in [3.63, 3.8) is 0 Å². The Kier molecular flexibility index (Phi) is 12.0. The molecular weight excluding hydrogens is 698 g/mol. The number of rotatable bonds is 9. The number of nitrogens with zero attached hydrogens (tertiary/aromatic N) is 5. The molecule has 0 saturated heterocycles. The lowest BCUT2D eigenvalue weighted by Gasteiger charge is -2.29. The highest BCUT2D eigenvalue weighted by atomic mass is 16.6. The molecule has 292 valence electrons. The summed E-state index contributed by atoms with van der Waals surface area (Å²) in [5, 5.41) is 7.34. The number of H-pyrrole nitrogens is 1. The molecular formula is C38H51N7O9. The maximum atomic E-state index is 13.6. The zero-order valence-electron chi connectivity index (χ0n) is 33.1. The molecule has 3 aromatic heterocycles. The predicted octanol–water partition coefficient (Wildman–Crippen LogP) is 6.64. The first-order valence-electron chi connectivity index (χ1n) is 17.6. The molecule has 0 fully saturated rings. The number of esters is 1. The maximum absolute atomic E-state index is 13.6. The van der Waals surface area contributed by atoms with Gasteiger partial charge in [-0.2, -0.15) is 9.78 Å². The molecule has 2 N–H and O–H groups in total. The number of ether oxygens (including phenoxy) is 4. The van der Waals surface area contributed by atoms with E-state index >= 15 is 0 Å². The van der Waals surface area contributed by atoms with Crippen molar-refractivity contribution >= 4 is 47.5 Å². The van der Waals surface area contributed by atoms with Gasteiger partial charge in [0.05, 0.1) is 47.1 Å². The molecule has 4 heterocycles. The highest BCUT2D eigenvalue weighted by molar-refractivity contribution is 6.34. The minimum Gasteiger partial charge on any atom is -0.462 e. The van der Waals surface area contributed by atoms with Crippen LogP contribution in [-0.4, -0.2) is 103 Å². The number of likely N-dealkylation sites (N-methyl/N-ethyl adjacent to an activating group) is 1. The van der Waals surface area contributed by atoms with E-state index < -0.39 is 47.0 Å². The second-order valence-corrected chi connectivity index (χ2v) is 15.8. The summed E-state index contributed by atoms with van der Waals surface area (Å²) in [5.74, 6) is -0.980. The van der Waals surface area contributed by atoms with Gasteiger partial charge in [-0.1, -0.05) is 0 Å². The summed E-state index contributed by atoms with van der Waals surface area (Å²) in [5.41, 5.74) is 0.761. The average molecular weight is 750 g/mol. The summed E-state index contributed by atoms with van der Waals surface area (Å²) >= 11 is 0. The topological polar surface area (TPSA) is 187 Å². The fourth-order valence-corrected chi connectivity index (χ4v) is 5.18. The molecule has 54 heavy (non-hydrogen) atoms. The largest absolute Gasteiger partial charge is 0.462 e. The van der Waals surface area contributed by atoms with Gasteiger partial charge >= 0.3 is 24.2 Å². The zero-order valence-corrected chi connectivity index (χ0v) is 33.1. The summed E-state index contributed by atoms with van der Waals surface area (Å²) in [6, 6.07) is 4.96. The van der Waals surface area contributed by atoms with Crippen molar-refractivity contribution in [2.24, 2.45) is 0 Å². The van der Waals surface area contributed by atoms with Gasteiger partial charge in [0.15, 0.2) is 0 Å². The monoisotopic (exact) mass is 749 g/mol. The zero-order chi connectivity index (χ0) is 40.3. The molecule has 0 unspecified atom stereocenters. The Bertz CT molecular complexity index is 1960. The van der Waals surface area contributed by atoms with Gasteiger partial charge in [0.25, 0.3) is 5.91 Å². The Morgan fingerprint density at radius 3 is 2.15 bits per heavy atom. The van der Waals surface area contributed by atoms with Crippen LogP contribution in [0.2, 0.25) is 0 Å². The van der Waals surface area contributed by atoms with E-state index in [1.54, 1.807) is 101 Å². The summed E-state index contributed by atoms with van der Waals surface area (Å²) in [6.45, 7) is 19.2. The van der Waals surface area contributed by atoms with Gasteiger partial charge in [-0.05, 0) is 100 Å². The Balaban J connectivity index is 1.79. The number of anilines is 1. The summed E-state index contributed by atoms with van der Waals surface area (Å²) in [4.78, 5) is 76.2. The molecule has 0 aliphatic carbocycles. The van der Waals surface area contributed by atoms with Crippen LogP contribution in [0.5, 0.6) is 0 Å². The van der Waals surface area contributed by atoms with E-state index in [-0.39, 0.29) is 43.1 Å². The van der Waals surface area contributed by atoms with E-state index in [0.29, 0.717) is 34.0 Å². The molecule has 0 radical (unpaired) electrons. The van der Waals surface area contributed by atoms with E-state index in [0.717, 1.165) is 4.68 Å². The van der Waals surface area contributed by atoms with Crippen LogP contribution in [0.3, 0.4) is 0 Å². The molecule has 0 bridgehead atoms. The van der Waals surface area contributed by atoms with Crippen molar-refractivity contribution in [2.45, 2.75) is 99.5 Å². The number of carbonyl (C=O) groups excluding carboxylic acids is 5. The third-order valence-electron chi connectivity index (χ3n) is 7.46. The summed E-state index contributed by atoms with van der Waals surface area (Å²) < 4.78 is 23.0. The van der Waals surface area contributed by atoms with E-state index in [2.05, 4.69) is 15.4 Å². The van der Waals surface area contributed by atoms with Crippen molar-refractivity contribution in [1.29, 1.82) is 0 Å². The Labute approximate surface area is 315 Å². The molecule has 3 amide bonds. The molecule has 16 nitrogen and oxygen atoms in total. The van der Waals surface area contributed by atoms with Crippen LogP contribution in [-0.2, 0) is 30.3 Å². The number of amides is 3. The van der Waals surface area contributed by atoms with Crippen LogP contribution in [0.1, 0.15) is 102 Å². The second kappa shape index (κ2) is 15.7. The number of fused-ring (bicyclic) bond motifs is 1. The molecule has 0 saturated carbocycles. The highest BCUT2D eigenvalue weighted by Gasteiger charge is 2.31. The van der Waals surface area contributed by atoms with Crippen molar-refractivity contribution in [1.82, 2.24) is 29.5 Å². The maximum Gasteiger partial charge on any atom is 0.435 e. The molecule has 1 aliphatic rings. The van der Waals surface area contributed by atoms with Crippen LogP contribution >= 0.6 is 0 Å². The lowest BCUT2D eigenvalue weighted by molar-refractivity contribution is -0.110. The third-order valence-corrected chi connectivity index (χ3v) is 7.46. The number of hydrogen-bond donors (Lipinski definition) is 2. The number of aromatic amines is 1. The number of nitrogens with one attached hydrogen (secondary N) is 2. The number of aromatic nitrogens is 4. The number of aryl methyl sites for hydroxylation is 1. The van der Waals surface area contributed by atoms with E-state index in [1.807, 2.05) is 0 Å². The van der Waals surface area contributed by atoms with Gasteiger partial charge in [-0.25, -0.2) is 24.2 Å². The lowest BCUT2D eigenvalue weighted by atomic mass is 10.1. The van der Waals surface area contributed by atoms with Crippen LogP contribution < -0.4 is 5.32 Å². The minimum atomic E-state index is -0.847.